The number of aliphatic hydroxyl groups excluding tert-OH is 1. The van der Waals surface area contributed by atoms with Gasteiger partial charge < -0.3 is 15.2 Å². The average molecular weight is 377 g/mol. The summed E-state index contributed by atoms with van der Waals surface area (Å²) in [6.07, 6.45) is -0.562. The van der Waals surface area contributed by atoms with Crippen LogP contribution < -0.4 is 10.1 Å². The second kappa shape index (κ2) is 8.00. The summed E-state index contributed by atoms with van der Waals surface area (Å²) in [6, 6.07) is 9.15. The van der Waals surface area contributed by atoms with Gasteiger partial charge in [0.1, 0.15) is 18.5 Å². The number of benzene rings is 1. The molecule has 20 heavy (non-hydrogen) atoms. The molecule has 0 aliphatic rings. The molecule has 0 amide bonds. The van der Waals surface area contributed by atoms with Gasteiger partial charge in [-0.15, -0.1) is 11.3 Å². The van der Waals surface area contributed by atoms with E-state index in [1.165, 1.54) is 4.88 Å². The molecule has 1 atom stereocenters. The second-order valence-corrected chi connectivity index (χ2v) is 6.54. The first-order valence-corrected chi connectivity index (χ1v) is 8.19. The summed E-state index contributed by atoms with van der Waals surface area (Å²) < 4.78 is 6.58. The molecule has 0 bridgehead atoms. The van der Waals surface area contributed by atoms with E-state index < -0.39 is 6.10 Å². The highest BCUT2D eigenvalue weighted by Gasteiger charge is 2.06. The first kappa shape index (κ1) is 15.8. The average Bonchev–Trinajstić information content (AvgIpc) is 2.82. The highest BCUT2D eigenvalue weighted by Crippen LogP contribution is 2.22. The van der Waals surface area contributed by atoms with E-state index in [-0.39, 0.29) is 6.61 Å². The zero-order valence-electron chi connectivity index (χ0n) is 10.7. The number of nitrogens with one attached hydrogen (secondary N) is 1. The van der Waals surface area contributed by atoms with E-state index in [1.54, 1.807) is 23.5 Å². The summed E-state index contributed by atoms with van der Waals surface area (Å²) in [6.45, 7) is 1.44. The number of rotatable bonds is 7. The fourth-order valence-electron chi connectivity index (χ4n) is 1.61. The number of aliphatic hydroxyl groups is 1. The van der Waals surface area contributed by atoms with Crippen LogP contribution in [0.3, 0.4) is 0 Å². The van der Waals surface area contributed by atoms with Crippen LogP contribution in [0, 0.1) is 0 Å². The predicted octanol–water partition coefficient (Wildman–Crippen LogP) is 3.69. The smallest absolute Gasteiger partial charge is 0.120 e. The van der Waals surface area contributed by atoms with Crippen LogP contribution in [0.5, 0.6) is 5.75 Å². The second-order valence-electron chi connectivity index (χ2n) is 4.24. The summed E-state index contributed by atoms with van der Waals surface area (Å²) in [5, 5.41) is 15.7. The number of halogens is 2. The quantitative estimate of drug-likeness (QED) is 0.774. The molecular formula is C14H15BrClNO2S. The molecular weight excluding hydrogens is 362 g/mol. The van der Waals surface area contributed by atoms with Gasteiger partial charge in [-0.3, -0.25) is 0 Å². The van der Waals surface area contributed by atoms with E-state index in [0.29, 0.717) is 17.3 Å². The van der Waals surface area contributed by atoms with Crippen molar-refractivity contribution in [1.29, 1.82) is 0 Å². The molecule has 6 heteroatoms. The first-order valence-electron chi connectivity index (χ1n) is 6.14. The van der Waals surface area contributed by atoms with Gasteiger partial charge in [0.05, 0.1) is 0 Å². The molecule has 1 heterocycles. The molecule has 2 aromatic rings. The fourth-order valence-corrected chi connectivity index (χ4v) is 3.25. The fraction of sp³-hybridized carbons (Fsp3) is 0.286. The summed E-state index contributed by atoms with van der Waals surface area (Å²) in [5.74, 6) is 0.664. The predicted molar refractivity (Wildman–Crippen MR) is 86.7 cm³/mol. The SMILES string of the molecule is OC(CNCc1sccc1Br)COc1cccc(Cl)c1. The van der Waals surface area contributed by atoms with Gasteiger partial charge in [-0.05, 0) is 45.6 Å². The van der Waals surface area contributed by atoms with Crippen LogP contribution in [0.1, 0.15) is 4.88 Å². The summed E-state index contributed by atoms with van der Waals surface area (Å²) in [4.78, 5) is 1.22. The summed E-state index contributed by atoms with van der Waals surface area (Å²) in [7, 11) is 0. The monoisotopic (exact) mass is 375 g/mol. The van der Waals surface area contributed by atoms with Gasteiger partial charge in [0.25, 0.3) is 0 Å². The van der Waals surface area contributed by atoms with Gasteiger partial charge >= 0.3 is 0 Å². The molecule has 2 rings (SSSR count). The van der Waals surface area contributed by atoms with Crippen molar-refractivity contribution in [2.75, 3.05) is 13.2 Å². The standard InChI is InChI=1S/C14H15BrClNO2S/c15-13-4-5-20-14(13)8-17-7-11(18)9-19-12-3-1-2-10(16)6-12/h1-6,11,17-18H,7-9H2. The third-order valence-corrected chi connectivity index (χ3v) is 4.76. The Morgan fingerprint density at radius 3 is 2.95 bits per heavy atom. The highest BCUT2D eigenvalue weighted by molar-refractivity contribution is 9.10. The normalized spacial score (nSPS) is 12.3. The maximum Gasteiger partial charge on any atom is 0.120 e. The van der Waals surface area contributed by atoms with Crippen LogP contribution in [0.4, 0.5) is 0 Å². The van der Waals surface area contributed by atoms with E-state index in [1.807, 2.05) is 23.6 Å². The van der Waals surface area contributed by atoms with Crippen molar-refractivity contribution >= 4 is 38.9 Å². The van der Waals surface area contributed by atoms with E-state index in [4.69, 9.17) is 16.3 Å². The molecule has 0 saturated heterocycles. The van der Waals surface area contributed by atoms with Crippen molar-refractivity contribution in [2.45, 2.75) is 12.6 Å². The van der Waals surface area contributed by atoms with Crippen molar-refractivity contribution in [2.24, 2.45) is 0 Å². The molecule has 0 saturated carbocycles. The Labute approximate surface area is 135 Å². The Balaban J connectivity index is 1.68. The van der Waals surface area contributed by atoms with Crippen molar-refractivity contribution in [3.05, 3.63) is 50.1 Å². The first-order chi connectivity index (χ1) is 9.65. The highest BCUT2D eigenvalue weighted by atomic mass is 79.9. The molecule has 0 aliphatic carbocycles. The number of hydrogen-bond donors (Lipinski definition) is 2. The Morgan fingerprint density at radius 1 is 1.40 bits per heavy atom. The third-order valence-electron chi connectivity index (χ3n) is 2.60. The Bertz CT molecular complexity index is 549. The van der Waals surface area contributed by atoms with Crippen LogP contribution in [0.15, 0.2) is 40.2 Å². The maximum atomic E-state index is 9.85. The zero-order chi connectivity index (χ0) is 14.4. The number of hydrogen-bond acceptors (Lipinski definition) is 4. The van der Waals surface area contributed by atoms with Gasteiger partial charge in [0.2, 0.25) is 0 Å². The molecule has 0 fully saturated rings. The molecule has 3 nitrogen and oxygen atoms in total. The lowest BCUT2D eigenvalue weighted by Crippen LogP contribution is -2.31. The van der Waals surface area contributed by atoms with Crippen molar-refractivity contribution in [3.8, 4) is 5.75 Å². The maximum absolute atomic E-state index is 9.85. The van der Waals surface area contributed by atoms with Crippen molar-refractivity contribution in [3.63, 3.8) is 0 Å². The van der Waals surface area contributed by atoms with Crippen LogP contribution in [0.2, 0.25) is 5.02 Å². The molecule has 1 aromatic carbocycles. The van der Waals surface area contributed by atoms with Gasteiger partial charge in [0, 0.05) is 27.5 Å². The topological polar surface area (TPSA) is 41.5 Å². The molecule has 1 aromatic heterocycles. The van der Waals surface area contributed by atoms with Gasteiger partial charge in [-0.2, -0.15) is 0 Å². The number of thiophene rings is 1. The Kier molecular flexibility index (Phi) is 6.32. The van der Waals surface area contributed by atoms with E-state index in [9.17, 15) is 5.11 Å². The van der Waals surface area contributed by atoms with E-state index in [0.717, 1.165) is 11.0 Å². The Hall–Kier alpha value is -0.590. The van der Waals surface area contributed by atoms with E-state index in [2.05, 4.69) is 21.2 Å². The van der Waals surface area contributed by atoms with Crippen LogP contribution >= 0.6 is 38.9 Å². The molecule has 1 unspecified atom stereocenters. The molecule has 2 N–H and O–H groups in total. The third kappa shape index (κ3) is 5.07. The lowest BCUT2D eigenvalue weighted by Gasteiger charge is -2.13. The molecule has 0 aliphatic heterocycles. The summed E-state index contributed by atoms with van der Waals surface area (Å²) in [5.41, 5.74) is 0. The minimum absolute atomic E-state index is 0.235. The van der Waals surface area contributed by atoms with Gasteiger partial charge in [0.15, 0.2) is 0 Å². The van der Waals surface area contributed by atoms with Crippen LogP contribution in [-0.2, 0) is 6.54 Å². The molecule has 0 spiro atoms. The lowest BCUT2D eigenvalue weighted by atomic mass is 10.3. The largest absolute Gasteiger partial charge is 0.491 e. The summed E-state index contributed by atoms with van der Waals surface area (Å²) >= 11 is 11.0. The molecule has 108 valence electrons. The Morgan fingerprint density at radius 2 is 2.25 bits per heavy atom. The van der Waals surface area contributed by atoms with Crippen LogP contribution in [0.25, 0.3) is 0 Å². The van der Waals surface area contributed by atoms with E-state index >= 15 is 0 Å². The van der Waals surface area contributed by atoms with Crippen molar-refractivity contribution in [1.82, 2.24) is 5.32 Å². The minimum atomic E-state index is -0.562. The lowest BCUT2D eigenvalue weighted by molar-refractivity contribution is 0.106. The van der Waals surface area contributed by atoms with Crippen molar-refractivity contribution < 1.29 is 9.84 Å². The number of ether oxygens (including phenoxy) is 1. The van der Waals surface area contributed by atoms with Crippen LogP contribution in [-0.4, -0.2) is 24.4 Å². The zero-order valence-corrected chi connectivity index (χ0v) is 13.8. The van der Waals surface area contributed by atoms with Gasteiger partial charge in [-0.1, -0.05) is 17.7 Å². The molecule has 0 radical (unpaired) electrons. The minimum Gasteiger partial charge on any atom is -0.491 e. The van der Waals surface area contributed by atoms with Gasteiger partial charge in [-0.25, -0.2) is 0 Å².